The molecule has 0 unspecified atom stereocenters. The van der Waals surface area contributed by atoms with E-state index in [2.05, 4.69) is 27.6 Å². The Morgan fingerprint density at radius 1 is 1.06 bits per heavy atom. The number of benzene rings is 2. The lowest BCUT2D eigenvalue weighted by Crippen LogP contribution is -2.22. The highest BCUT2D eigenvalue weighted by Gasteiger charge is 2.45. The number of hydrogen-bond acceptors (Lipinski definition) is 9. The van der Waals surface area contributed by atoms with Crippen molar-refractivity contribution in [1.29, 1.82) is 0 Å². The van der Waals surface area contributed by atoms with E-state index in [9.17, 15) is 14.0 Å². The van der Waals surface area contributed by atoms with Crippen LogP contribution in [0, 0.1) is 5.82 Å². The minimum absolute atomic E-state index is 0.0548. The predicted molar refractivity (Wildman–Crippen MR) is 191 cm³/mol. The molecule has 51 heavy (non-hydrogen) atoms. The van der Waals surface area contributed by atoms with Gasteiger partial charge in [-0.25, -0.2) is 14.2 Å². The van der Waals surface area contributed by atoms with Crippen LogP contribution in [-0.4, -0.2) is 44.6 Å². The number of ether oxygens (including phenoxy) is 1. The Bertz CT molecular complexity index is 2470. The number of aryl methyl sites for hydroxylation is 1. The number of H-pyrrole nitrogens is 1. The van der Waals surface area contributed by atoms with Gasteiger partial charge in [0.25, 0.3) is 5.91 Å². The number of carbonyl (C=O) groups excluding carboxylic acids is 1. The summed E-state index contributed by atoms with van der Waals surface area (Å²) in [6, 6.07) is 15.2. The lowest BCUT2D eigenvalue weighted by Gasteiger charge is -2.19. The second kappa shape index (κ2) is 11.6. The van der Waals surface area contributed by atoms with Crippen LogP contribution in [0.2, 0.25) is 0 Å². The number of pyridine rings is 2. The fraction of sp³-hybridized carbons (Fsp3) is 0.308. The molecule has 2 aliphatic carbocycles. The van der Waals surface area contributed by atoms with Crippen molar-refractivity contribution in [1.82, 2.24) is 25.0 Å². The average molecular weight is 701 g/mol. The molecule has 10 rings (SSSR count). The first-order valence-electron chi connectivity index (χ1n) is 17.5. The van der Waals surface area contributed by atoms with Gasteiger partial charge in [0.2, 0.25) is 0 Å². The monoisotopic (exact) mass is 700 g/mol. The van der Waals surface area contributed by atoms with Crippen LogP contribution in [0.15, 0.2) is 64.0 Å². The summed E-state index contributed by atoms with van der Waals surface area (Å²) in [7, 11) is 1.71. The van der Waals surface area contributed by atoms with Crippen LogP contribution in [0.3, 0.4) is 0 Å². The fourth-order valence-corrected chi connectivity index (χ4v) is 10.1. The fourth-order valence-electron chi connectivity index (χ4n) is 8.97. The van der Waals surface area contributed by atoms with Crippen molar-refractivity contribution in [3.8, 4) is 27.6 Å². The molecule has 2 N–H and O–H groups in total. The third-order valence-electron chi connectivity index (χ3n) is 11.2. The number of fused-ring (bicyclic) bond motifs is 6. The van der Waals surface area contributed by atoms with Crippen LogP contribution in [0.1, 0.15) is 87.7 Å². The molecule has 256 valence electrons. The van der Waals surface area contributed by atoms with Gasteiger partial charge >= 0.3 is 5.76 Å². The van der Waals surface area contributed by atoms with E-state index in [0.717, 1.165) is 87.6 Å². The normalized spacial score (nSPS) is 20.2. The van der Waals surface area contributed by atoms with Crippen molar-refractivity contribution in [2.24, 2.45) is 0 Å². The molecule has 1 saturated heterocycles. The van der Waals surface area contributed by atoms with Crippen LogP contribution >= 0.6 is 11.3 Å². The van der Waals surface area contributed by atoms with Crippen LogP contribution in [0.25, 0.3) is 31.9 Å². The number of aromatic nitrogens is 4. The molecule has 4 aromatic heterocycles. The SMILES string of the molecule is COc1cccc2c1CC[C@H]2Nc1nccc2cc(-c3c4c(nc(C[C@H]5CCc6cc(F)ccc65)c3-c3noc(=O)[nH]3)[C@@H]3CCCN3C4=O)sc12. The molecular weight excluding hydrogens is 668 g/mol. The summed E-state index contributed by atoms with van der Waals surface area (Å²) < 4.78 is 25.9. The third kappa shape index (κ3) is 4.76. The van der Waals surface area contributed by atoms with E-state index in [1.807, 2.05) is 35.4 Å². The largest absolute Gasteiger partial charge is 0.496 e. The number of thiophene rings is 1. The molecule has 4 aliphatic rings. The number of nitrogens with one attached hydrogen (secondary N) is 2. The van der Waals surface area contributed by atoms with Crippen LogP contribution in [-0.2, 0) is 19.3 Å². The minimum Gasteiger partial charge on any atom is -0.496 e. The zero-order chi connectivity index (χ0) is 34.4. The number of halogens is 1. The summed E-state index contributed by atoms with van der Waals surface area (Å²) in [4.78, 5) is 42.4. The summed E-state index contributed by atoms with van der Waals surface area (Å²) in [5, 5.41) is 8.89. The molecule has 0 radical (unpaired) electrons. The van der Waals surface area contributed by atoms with Crippen molar-refractivity contribution in [3.05, 3.63) is 110 Å². The maximum atomic E-state index is 14.3. The molecular formula is C39H33FN6O4S. The highest BCUT2D eigenvalue weighted by Crippen LogP contribution is 2.51. The van der Waals surface area contributed by atoms with Gasteiger partial charge in [0.05, 0.1) is 46.4 Å². The molecule has 12 heteroatoms. The molecule has 1 amide bonds. The van der Waals surface area contributed by atoms with E-state index in [1.165, 1.54) is 17.2 Å². The van der Waals surface area contributed by atoms with Gasteiger partial charge in [-0.05, 0) is 109 Å². The van der Waals surface area contributed by atoms with Gasteiger partial charge in [-0.2, -0.15) is 0 Å². The van der Waals surface area contributed by atoms with Gasteiger partial charge in [-0.3, -0.25) is 19.3 Å². The number of methoxy groups -OCH3 is 1. The first kappa shape index (κ1) is 30.5. The molecule has 0 spiro atoms. The van der Waals surface area contributed by atoms with E-state index in [0.29, 0.717) is 29.7 Å². The number of hydrogen-bond donors (Lipinski definition) is 2. The molecule has 0 saturated carbocycles. The van der Waals surface area contributed by atoms with Gasteiger partial charge in [-0.1, -0.05) is 23.4 Å². The molecule has 10 nitrogen and oxygen atoms in total. The van der Waals surface area contributed by atoms with Crippen LogP contribution in [0.4, 0.5) is 10.2 Å². The zero-order valence-electron chi connectivity index (χ0n) is 27.8. The summed E-state index contributed by atoms with van der Waals surface area (Å²) in [6.07, 6.45) is 7.55. The second-order valence-electron chi connectivity index (χ2n) is 13.9. The molecule has 2 aromatic carbocycles. The summed E-state index contributed by atoms with van der Waals surface area (Å²) in [5.74, 6) is 1.02. The van der Waals surface area contributed by atoms with E-state index in [4.69, 9.17) is 19.2 Å². The smallest absolute Gasteiger partial charge is 0.439 e. The van der Waals surface area contributed by atoms with Gasteiger partial charge in [0.1, 0.15) is 17.4 Å². The Morgan fingerprint density at radius 3 is 2.84 bits per heavy atom. The standard InChI is InChI=1S/C39H33FN6O4S/c1-49-29-6-2-4-24-25(29)11-12-26(24)43-37-35-21(13-14-41-37)18-30(51-35)32-31(36-44-39(48)50-45-36)27(17-20-8-7-19-16-22(40)9-10-23(19)20)42-34-28-5-3-15-46(28)38(47)33(32)34/h2,4,6,9-10,13-14,16,18,20,26,28H,3,5,7-8,11-12,15,17H2,1H3,(H,41,43)(H,44,45,48)/t20-,26-,28+/m1/s1. The molecule has 6 aromatic rings. The van der Waals surface area contributed by atoms with Gasteiger partial charge in [0.15, 0.2) is 5.82 Å². The topological polar surface area (TPSA) is 126 Å². The Balaban J connectivity index is 1.15. The quantitative estimate of drug-likeness (QED) is 0.175. The number of anilines is 1. The summed E-state index contributed by atoms with van der Waals surface area (Å²) in [6.45, 7) is 0.671. The van der Waals surface area contributed by atoms with E-state index < -0.39 is 5.76 Å². The number of rotatable bonds is 7. The van der Waals surface area contributed by atoms with E-state index in [-0.39, 0.29) is 35.6 Å². The summed E-state index contributed by atoms with van der Waals surface area (Å²) in [5.41, 5.74) is 7.92. The van der Waals surface area contributed by atoms with Crippen molar-refractivity contribution in [3.63, 3.8) is 0 Å². The van der Waals surface area contributed by atoms with Crippen molar-refractivity contribution in [2.75, 3.05) is 19.0 Å². The average Bonchev–Trinajstić information content (AvgIpc) is 3.99. The first-order chi connectivity index (χ1) is 24.9. The van der Waals surface area contributed by atoms with E-state index in [1.54, 1.807) is 24.5 Å². The van der Waals surface area contributed by atoms with Crippen molar-refractivity contribution in [2.45, 2.75) is 62.9 Å². The first-order valence-corrected chi connectivity index (χ1v) is 18.3. The maximum Gasteiger partial charge on any atom is 0.439 e. The Hall–Kier alpha value is -5.36. The Kier molecular flexibility index (Phi) is 6.92. The molecule has 3 atom stereocenters. The maximum absolute atomic E-state index is 14.3. The van der Waals surface area contributed by atoms with Gasteiger partial charge in [0, 0.05) is 23.2 Å². The molecule has 2 aliphatic heterocycles. The number of carbonyl (C=O) groups is 1. The lowest BCUT2D eigenvalue weighted by molar-refractivity contribution is 0.0776. The summed E-state index contributed by atoms with van der Waals surface area (Å²) >= 11 is 1.56. The number of nitrogens with zero attached hydrogens (tertiary/aromatic N) is 4. The zero-order valence-corrected chi connectivity index (χ0v) is 28.6. The Morgan fingerprint density at radius 2 is 1.98 bits per heavy atom. The molecule has 0 bridgehead atoms. The molecule has 6 heterocycles. The number of amides is 1. The molecule has 1 fully saturated rings. The van der Waals surface area contributed by atoms with Crippen LogP contribution in [0.5, 0.6) is 5.75 Å². The lowest BCUT2D eigenvalue weighted by atomic mass is 9.89. The number of aromatic amines is 1. The Labute approximate surface area is 295 Å². The third-order valence-corrected chi connectivity index (χ3v) is 12.4. The van der Waals surface area contributed by atoms with Gasteiger partial charge in [-0.15, -0.1) is 11.3 Å². The second-order valence-corrected chi connectivity index (χ2v) is 15.0. The van der Waals surface area contributed by atoms with Crippen molar-refractivity contribution < 1.29 is 18.4 Å². The highest BCUT2D eigenvalue weighted by molar-refractivity contribution is 7.23. The highest BCUT2D eigenvalue weighted by atomic mass is 32.1. The van der Waals surface area contributed by atoms with Gasteiger partial charge < -0.3 is 15.0 Å². The van der Waals surface area contributed by atoms with Crippen molar-refractivity contribution >= 4 is 33.1 Å². The van der Waals surface area contributed by atoms with Crippen LogP contribution < -0.4 is 15.8 Å². The minimum atomic E-state index is -0.684. The van der Waals surface area contributed by atoms with E-state index >= 15 is 0 Å². The predicted octanol–water partition coefficient (Wildman–Crippen LogP) is 7.51.